The van der Waals surface area contributed by atoms with Gasteiger partial charge >= 0.3 is 5.97 Å². The first kappa shape index (κ1) is 16.5. The molecule has 2 atom stereocenters. The Balaban J connectivity index is 2.60. The van der Waals surface area contributed by atoms with Gasteiger partial charge in [-0.2, -0.15) is 5.26 Å². The van der Waals surface area contributed by atoms with E-state index < -0.39 is 17.8 Å². The summed E-state index contributed by atoms with van der Waals surface area (Å²) in [6.07, 6.45) is 0. The Labute approximate surface area is 139 Å². The molecule has 4 nitrogen and oxygen atoms in total. The topological polar surface area (TPSA) is 62.1 Å². The molecule has 0 aromatic heterocycles. The molecule has 0 spiro atoms. The largest absolute Gasteiger partial charge is 0.463 e. The number of benzene rings is 1. The van der Waals surface area contributed by atoms with Crippen LogP contribution < -0.4 is 5.32 Å². The van der Waals surface area contributed by atoms with E-state index in [-0.39, 0.29) is 6.61 Å². The van der Waals surface area contributed by atoms with Gasteiger partial charge in [0.1, 0.15) is 5.92 Å². The van der Waals surface area contributed by atoms with Gasteiger partial charge in [-0.15, -0.1) is 0 Å². The second-order valence-electron chi connectivity index (χ2n) is 4.89. The van der Waals surface area contributed by atoms with Crippen LogP contribution in [0.25, 0.3) is 0 Å². The summed E-state index contributed by atoms with van der Waals surface area (Å²) in [5, 5.41) is 13.0. The normalized spacial score (nSPS) is 21.1. The fourth-order valence-corrected chi connectivity index (χ4v) is 3.10. The smallest absolute Gasteiger partial charge is 0.336 e. The molecule has 0 bridgehead atoms. The number of thiocarbonyl (C=S) groups is 1. The summed E-state index contributed by atoms with van der Waals surface area (Å²) in [5.74, 6) is -1.58. The third-order valence-electron chi connectivity index (χ3n) is 3.48. The number of hydrogen-bond acceptors (Lipinski definition) is 4. The van der Waals surface area contributed by atoms with Gasteiger partial charge in [0.05, 0.1) is 23.2 Å². The number of nitrogens with one attached hydrogen (secondary N) is 1. The van der Waals surface area contributed by atoms with Crippen LogP contribution in [0.2, 0.25) is 5.02 Å². The molecule has 0 fully saturated rings. The Morgan fingerprint density at radius 3 is 2.86 bits per heavy atom. The van der Waals surface area contributed by atoms with Crippen LogP contribution >= 0.6 is 23.8 Å². The van der Waals surface area contributed by atoms with Crippen molar-refractivity contribution < 1.29 is 9.53 Å². The first-order valence-electron chi connectivity index (χ1n) is 6.83. The Morgan fingerprint density at radius 2 is 2.27 bits per heavy atom. The minimum atomic E-state index is -0.642. The van der Waals surface area contributed by atoms with Gasteiger partial charge in [-0.3, -0.25) is 0 Å². The summed E-state index contributed by atoms with van der Waals surface area (Å²) in [5.41, 5.74) is 1.80. The van der Waals surface area contributed by atoms with Crippen LogP contribution in [0.4, 0.5) is 0 Å². The molecule has 6 heteroatoms. The van der Waals surface area contributed by atoms with Gasteiger partial charge in [0.25, 0.3) is 0 Å². The first-order valence-corrected chi connectivity index (χ1v) is 7.62. The van der Waals surface area contributed by atoms with Crippen LogP contribution in [-0.4, -0.2) is 17.6 Å². The minimum absolute atomic E-state index is 0.263. The molecule has 0 unspecified atom stereocenters. The van der Waals surface area contributed by atoms with Crippen molar-refractivity contribution in [1.82, 2.24) is 5.32 Å². The predicted molar refractivity (Wildman–Crippen MR) is 88.4 cm³/mol. The Hall–Kier alpha value is -1.90. The van der Waals surface area contributed by atoms with E-state index in [4.69, 9.17) is 28.6 Å². The summed E-state index contributed by atoms with van der Waals surface area (Å²) in [4.78, 5) is 12.7. The number of carbonyl (C=O) groups excluding carboxylic acids is 1. The number of ether oxygens (including phenoxy) is 1. The number of allylic oxidation sites excluding steroid dienone is 1. The maximum Gasteiger partial charge on any atom is 0.336 e. The molecule has 22 heavy (non-hydrogen) atoms. The monoisotopic (exact) mass is 334 g/mol. The lowest BCUT2D eigenvalue weighted by atomic mass is 9.78. The number of carbonyl (C=O) groups is 1. The van der Waals surface area contributed by atoms with E-state index in [1.165, 1.54) is 0 Å². The van der Waals surface area contributed by atoms with Gasteiger partial charge in [-0.05, 0) is 31.5 Å². The molecule has 0 amide bonds. The molecule has 2 rings (SSSR count). The molecule has 1 aromatic carbocycles. The molecule has 0 saturated heterocycles. The fourth-order valence-electron chi connectivity index (χ4n) is 2.56. The molecule has 0 radical (unpaired) electrons. The number of nitriles is 1. The standard InChI is InChI=1S/C16H15ClN2O2S/c1-3-21-16(20)13-9(2)19-15(22)12(8-18)14(13)10-5-4-6-11(17)7-10/h4-7,12,14H,3H2,1-2H3,(H,19,22)/t12-,14+/m0/s1. The maximum atomic E-state index is 12.3. The van der Waals surface area contributed by atoms with E-state index >= 15 is 0 Å². The van der Waals surface area contributed by atoms with Crippen molar-refractivity contribution in [3.63, 3.8) is 0 Å². The summed E-state index contributed by atoms with van der Waals surface area (Å²) in [7, 11) is 0. The lowest BCUT2D eigenvalue weighted by molar-refractivity contribution is -0.139. The zero-order valence-corrected chi connectivity index (χ0v) is 13.8. The van der Waals surface area contributed by atoms with E-state index in [9.17, 15) is 10.1 Å². The Kier molecular flexibility index (Phi) is 5.17. The molecule has 114 valence electrons. The second kappa shape index (κ2) is 6.91. The molecule has 1 N–H and O–H groups in total. The molecule has 0 aliphatic carbocycles. The van der Waals surface area contributed by atoms with Crippen LogP contribution in [0.15, 0.2) is 35.5 Å². The van der Waals surface area contributed by atoms with Crippen molar-refractivity contribution >= 4 is 34.8 Å². The number of halogens is 1. The highest BCUT2D eigenvalue weighted by molar-refractivity contribution is 7.80. The van der Waals surface area contributed by atoms with Crippen molar-refractivity contribution in [2.45, 2.75) is 19.8 Å². The SMILES string of the molecule is CCOC(=O)C1=C(C)NC(=S)[C@@H](C#N)[C@H]1c1cccc(Cl)c1. The zero-order valence-electron chi connectivity index (χ0n) is 12.2. The lowest BCUT2D eigenvalue weighted by Gasteiger charge is -2.31. The van der Waals surface area contributed by atoms with Crippen molar-refractivity contribution in [3.05, 3.63) is 46.1 Å². The van der Waals surface area contributed by atoms with Crippen molar-refractivity contribution in [2.75, 3.05) is 6.61 Å². The molecule has 1 aliphatic heterocycles. The third kappa shape index (κ3) is 3.13. The summed E-state index contributed by atoms with van der Waals surface area (Å²) >= 11 is 11.3. The molecule has 0 saturated carbocycles. The van der Waals surface area contributed by atoms with Gasteiger partial charge in [-0.25, -0.2) is 4.79 Å². The lowest BCUT2D eigenvalue weighted by Crippen LogP contribution is -2.40. The second-order valence-corrected chi connectivity index (χ2v) is 5.76. The number of hydrogen-bond donors (Lipinski definition) is 1. The average molecular weight is 335 g/mol. The third-order valence-corrected chi connectivity index (χ3v) is 4.07. The van der Waals surface area contributed by atoms with Crippen LogP contribution in [0.5, 0.6) is 0 Å². The highest BCUT2D eigenvalue weighted by Crippen LogP contribution is 2.38. The number of rotatable bonds is 3. The number of esters is 1. The molecular weight excluding hydrogens is 320 g/mol. The predicted octanol–water partition coefficient (Wildman–Crippen LogP) is 3.33. The Morgan fingerprint density at radius 1 is 1.55 bits per heavy atom. The molecular formula is C16H15ClN2O2S. The fraction of sp³-hybridized carbons (Fsp3) is 0.312. The average Bonchev–Trinajstić information content (AvgIpc) is 2.46. The van der Waals surface area contributed by atoms with Gasteiger partial charge in [0.2, 0.25) is 0 Å². The van der Waals surface area contributed by atoms with Crippen LogP contribution in [-0.2, 0) is 9.53 Å². The zero-order chi connectivity index (χ0) is 16.3. The van der Waals surface area contributed by atoms with Crippen molar-refractivity contribution in [3.8, 4) is 6.07 Å². The summed E-state index contributed by atoms with van der Waals surface area (Å²) in [6, 6.07) is 9.29. The number of nitrogens with zero attached hydrogens (tertiary/aromatic N) is 1. The first-order chi connectivity index (χ1) is 10.5. The quantitative estimate of drug-likeness (QED) is 0.678. The maximum absolute atomic E-state index is 12.3. The van der Waals surface area contributed by atoms with E-state index in [2.05, 4.69) is 11.4 Å². The van der Waals surface area contributed by atoms with Crippen molar-refractivity contribution in [1.29, 1.82) is 5.26 Å². The highest BCUT2D eigenvalue weighted by Gasteiger charge is 2.39. The van der Waals surface area contributed by atoms with Crippen LogP contribution in [0.1, 0.15) is 25.3 Å². The van der Waals surface area contributed by atoms with Gasteiger partial charge in [0, 0.05) is 16.6 Å². The van der Waals surface area contributed by atoms with Gasteiger partial charge in [-0.1, -0.05) is 36.0 Å². The highest BCUT2D eigenvalue weighted by atomic mass is 35.5. The Bertz CT molecular complexity index is 694. The van der Waals surface area contributed by atoms with Crippen molar-refractivity contribution in [2.24, 2.45) is 5.92 Å². The van der Waals surface area contributed by atoms with E-state index in [0.29, 0.717) is 21.3 Å². The summed E-state index contributed by atoms with van der Waals surface area (Å²) < 4.78 is 5.14. The minimum Gasteiger partial charge on any atom is -0.463 e. The van der Waals surface area contributed by atoms with E-state index in [0.717, 1.165) is 5.56 Å². The van der Waals surface area contributed by atoms with Gasteiger partial charge in [0.15, 0.2) is 0 Å². The van der Waals surface area contributed by atoms with Gasteiger partial charge < -0.3 is 10.1 Å². The molecule has 1 aromatic rings. The summed E-state index contributed by atoms with van der Waals surface area (Å²) in [6.45, 7) is 3.76. The van der Waals surface area contributed by atoms with E-state index in [1.807, 2.05) is 6.07 Å². The van der Waals surface area contributed by atoms with Crippen LogP contribution in [0.3, 0.4) is 0 Å². The molecule has 1 aliphatic rings. The van der Waals surface area contributed by atoms with E-state index in [1.54, 1.807) is 32.0 Å². The molecule has 1 heterocycles. The van der Waals surface area contributed by atoms with Crippen LogP contribution in [0, 0.1) is 17.2 Å².